The minimum atomic E-state index is -0.476. The summed E-state index contributed by atoms with van der Waals surface area (Å²) in [5.74, 6) is -0.476. The van der Waals surface area contributed by atoms with Crippen molar-refractivity contribution in [2.75, 3.05) is 17.2 Å². The molecule has 2 aromatic carbocycles. The Morgan fingerprint density at radius 1 is 1.10 bits per heavy atom. The first-order valence-corrected chi connectivity index (χ1v) is 7.14. The number of hydrogen-bond acceptors (Lipinski definition) is 2. The number of anilines is 3. The lowest BCUT2D eigenvalue weighted by molar-refractivity contribution is 0.629. The summed E-state index contributed by atoms with van der Waals surface area (Å²) >= 11 is 5.92. The monoisotopic (exact) mass is 290 g/mol. The van der Waals surface area contributed by atoms with E-state index in [4.69, 9.17) is 17.3 Å². The van der Waals surface area contributed by atoms with E-state index in [2.05, 4.69) is 17.0 Å². The molecule has 0 amide bonds. The first-order chi connectivity index (χ1) is 9.66. The van der Waals surface area contributed by atoms with Crippen LogP contribution in [-0.4, -0.2) is 6.54 Å². The van der Waals surface area contributed by atoms with Gasteiger partial charge in [0.2, 0.25) is 0 Å². The Kier molecular flexibility index (Phi) is 3.53. The Morgan fingerprint density at radius 3 is 2.75 bits per heavy atom. The van der Waals surface area contributed by atoms with Gasteiger partial charge in [0.25, 0.3) is 0 Å². The van der Waals surface area contributed by atoms with E-state index in [0.717, 1.165) is 37.2 Å². The molecule has 0 spiro atoms. The molecule has 3 rings (SSSR count). The minimum Gasteiger partial charge on any atom is -0.397 e. The zero-order chi connectivity index (χ0) is 14.1. The number of benzene rings is 2. The molecular formula is C16H16ClFN2. The Bertz CT molecular complexity index is 642. The number of nitrogens with two attached hydrogens (primary N) is 1. The molecule has 2 nitrogen and oxygen atoms in total. The number of aryl methyl sites for hydroxylation is 1. The smallest absolute Gasteiger partial charge is 0.143 e. The first kappa shape index (κ1) is 13.3. The highest BCUT2D eigenvalue weighted by atomic mass is 35.5. The van der Waals surface area contributed by atoms with E-state index < -0.39 is 5.82 Å². The van der Waals surface area contributed by atoms with E-state index in [1.54, 1.807) is 6.07 Å². The average molecular weight is 291 g/mol. The molecule has 4 heteroatoms. The van der Waals surface area contributed by atoms with Crippen LogP contribution in [0.5, 0.6) is 0 Å². The third-order valence-electron chi connectivity index (χ3n) is 3.72. The molecule has 1 heterocycles. The minimum absolute atomic E-state index is 0.107. The summed E-state index contributed by atoms with van der Waals surface area (Å²) in [6.07, 6.45) is 3.27. The summed E-state index contributed by atoms with van der Waals surface area (Å²) in [5, 5.41) is 0.107. The lowest BCUT2D eigenvalue weighted by Crippen LogP contribution is -2.19. The van der Waals surface area contributed by atoms with Crippen molar-refractivity contribution in [1.29, 1.82) is 0 Å². The summed E-state index contributed by atoms with van der Waals surface area (Å²) < 4.78 is 13.5. The van der Waals surface area contributed by atoms with Gasteiger partial charge in [-0.1, -0.05) is 29.8 Å². The summed E-state index contributed by atoms with van der Waals surface area (Å²) in [7, 11) is 0. The Labute approximate surface area is 123 Å². The van der Waals surface area contributed by atoms with Crippen LogP contribution >= 0.6 is 11.6 Å². The molecule has 0 aliphatic carbocycles. The second-order valence-corrected chi connectivity index (χ2v) is 5.47. The number of para-hydroxylation sites is 1. The highest BCUT2D eigenvalue weighted by molar-refractivity contribution is 6.31. The average Bonchev–Trinajstić information content (AvgIpc) is 2.65. The van der Waals surface area contributed by atoms with Gasteiger partial charge in [-0.15, -0.1) is 0 Å². The van der Waals surface area contributed by atoms with E-state index in [1.165, 1.54) is 11.6 Å². The van der Waals surface area contributed by atoms with Crippen LogP contribution in [0.1, 0.15) is 18.4 Å². The van der Waals surface area contributed by atoms with Crippen molar-refractivity contribution in [3.63, 3.8) is 0 Å². The number of hydrogen-bond donors (Lipinski definition) is 1. The van der Waals surface area contributed by atoms with Crippen LogP contribution in [-0.2, 0) is 6.42 Å². The van der Waals surface area contributed by atoms with Gasteiger partial charge >= 0.3 is 0 Å². The molecule has 2 aromatic rings. The van der Waals surface area contributed by atoms with Gasteiger partial charge in [0, 0.05) is 18.3 Å². The molecule has 2 N–H and O–H groups in total. The second-order valence-electron chi connectivity index (χ2n) is 5.06. The third kappa shape index (κ3) is 2.34. The SMILES string of the molecule is Nc1cc(F)c(Cl)cc1N1CCCCc2ccccc21. The predicted octanol–water partition coefficient (Wildman–Crippen LogP) is 4.54. The van der Waals surface area contributed by atoms with E-state index in [1.807, 2.05) is 12.1 Å². The number of nitrogens with zero attached hydrogens (tertiary/aromatic N) is 1. The van der Waals surface area contributed by atoms with Gasteiger partial charge in [0.15, 0.2) is 0 Å². The zero-order valence-corrected chi connectivity index (χ0v) is 11.8. The van der Waals surface area contributed by atoms with E-state index >= 15 is 0 Å². The summed E-state index contributed by atoms with van der Waals surface area (Å²) in [6, 6.07) is 11.2. The maximum Gasteiger partial charge on any atom is 0.143 e. The number of halogens is 2. The molecule has 104 valence electrons. The van der Waals surface area contributed by atoms with Crippen molar-refractivity contribution in [3.05, 3.63) is 52.8 Å². The van der Waals surface area contributed by atoms with Gasteiger partial charge in [-0.2, -0.15) is 0 Å². The van der Waals surface area contributed by atoms with Crippen molar-refractivity contribution in [3.8, 4) is 0 Å². The normalized spacial score (nSPS) is 14.8. The van der Waals surface area contributed by atoms with E-state index in [0.29, 0.717) is 5.69 Å². The predicted molar refractivity (Wildman–Crippen MR) is 82.2 cm³/mol. The molecule has 0 aromatic heterocycles. The molecule has 1 aliphatic rings. The van der Waals surface area contributed by atoms with Crippen LogP contribution in [0.2, 0.25) is 5.02 Å². The quantitative estimate of drug-likeness (QED) is 0.782. The van der Waals surface area contributed by atoms with E-state index in [9.17, 15) is 4.39 Å². The van der Waals surface area contributed by atoms with Crippen LogP contribution in [0, 0.1) is 5.82 Å². The molecule has 0 unspecified atom stereocenters. The van der Waals surface area contributed by atoms with Crippen LogP contribution in [0.15, 0.2) is 36.4 Å². The van der Waals surface area contributed by atoms with Gasteiger partial charge in [0.1, 0.15) is 5.82 Å². The van der Waals surface area contributed by atoms with Gasteiger partial charge in [0.05, 0.1) is 16.4 Å². The molecule has 1 aliphatic heterocycles. The standard InChI is InChI=1S/C16H16ClFN2/c17-12-9-16(14(19)10-13(12)18)20-8-4-3-6-11-5-1-2-7-15(11)20/h1-2,5,7,9-10H,3-4,6,8,19H2. The largest absolute Gasteiger partial charge is 0.397 e. The molecule has 0 bridgehead atoms. The zero-order valence-electron chi connectivity index (χ0n) is 11.1. The molecule has 0 fully saturated rings. The van der Waals surface area contributed by atoms with Crippen molar-refractivity contribution < 1.29 is 4.39 Å². The number of rotatable bonds is 1. The molecule has 0 saturated heterocycles. The molecule has 0 atom stereocenters. The molecule has 0 radical (unpaired) electrons. The summed E-state index contributed by atoms with van der Waals surface area (Å²) in [6.45, 7) is 0.864. The maximum absolute atomic E-state index is 13.5. The number of nitrogen functional groups attached to an aromatic ring is 1. The second kappa shape index (κ2) is 5.33. The van der Waals surface area contributed by atoms with Crippen molar-refractivity contribution in [2.45, 2.75) is 19.3 Å². The maximum atomic E-state index is 13.5. The highest BCUT2D eigenvalue weighted by Crippen LogP contribution is 2.37. The van der Waals surface area contributed by atoms with Crippen molar-refractivity contribution in [2.24, 2.45) is 0 Å². The van der Waals surface area contributed by atoms with Gasteiger partial charge in [-0.3, -0.25) is 0 Å². The molecular weight excluding hydrogens is 275 g/mol. The fourth-order valence-corrected chi connectivity index (χ4v) is 2.88. The van der Waals surface area contributed by atoms with Gasteiger partial charge < -0.3 is 10.6 Å². The van der Waals surface area contributed by atoms with Crippen molar-refractivity contribution in [1.82, 2.24) is 0 Å². The summed E-state index contributed by atoms with van der Waals surface area (Å²) in [4.78, 5) is 2.14. The Balaban J connectivity index is 2.12. The van der Waals surface area contributed by atoms with Gasteiger partial charge in [-0.25, -0.2) is 4.39 Å². The van der Waals surface area contributed by atoms with Crippen molar-refractivity contribution >= 4 is 28.7 Å². The first-order valence-electron chi connectivity index (χ1n) is 6.77. The molecule has 0 saturated carbocycles. The third-order valence-corrected chi connectivity index (χ3v) is 4.01. The lowest BCUT2D eigenvalue weighted by Gasteiger charge is -2.26. The van der Waals surface area contributed by atoms with E-state index in [-0.39, 0.29) is 5.02 Å². The fourth-order valence-electron chi connectivity index (χ4n) is 2.73. The lowest BCUT2D eigenvalue weighted by atomic mass is 10.1. The molecule has 20 heavy (non-hydrogen) atoms. The number of fused-ring (bicyclic) bond motifs is 1. The Morgan fingerprint density at radius 2 is 1.90 bits per heavy atom. The fraction of sp³-hybridized carbons (Fsp3) is 0.250. The van der Waals surface area contributed by atoms with Crippen LogP contribution in [0.25, 0.3) is 0 Å². The summed E-state index contributed by atoms with van der Waals surface area (Å²) in [5.41, 5.74) is 9.63. The van der Waals surface area contributed by atoms with Crippen LogP contribution in [0.4, 0.5) is 21.5 Å². The highest BCUT2D eigenvalue weighted by Gasteiger charge is 2.19. The Hall–Kier alpha value is -1.74. The van der Waals surface area contributed by atoms with Gasteiger partial charge in [-0.05, 0) is 37.0 Å². The van der Waals surface area contributed by atoms with Crippen LogP contribution < -0.4 is 10.6 Å². The van der Waals surface area contributed by atoms with Crippen LogP contribution in [0.3, 0.4) is 0 Å². The topological polar surface area (TPSA) is 29.3 Å².